The van der Waals surface area contributed by atoms with Gasteiger partial charge >= 0.3 is 33.3 Å². The number of rotatable bonds is 10. The first kappa shape index (κ1) is 26.9. The van der Waals surface area contributed by atoms with Gasteiger partial charge in [0.25, 0.3) is 10.1 Å². The topological polar surface area (TPSA) is 133 Å². The fraction of sp³-hybridized carbons (Fsp3) is 0.929. The van der Waals surface area contributed by atoms with E-state index in [0.717, 1.165) is 6.92 Å². The Balaban J connectivity index is 3.28. The summed E-state index contributed by atoms with van der Waals surface area (Å²) >= 11 is 0. The Kier molecular flexibility index (Phi) is 8.60. The summed E-state index contributed by atoms with van der Waals surface area (Å²) in [5, 5.41) is -6.33. The molecule has 1 atom stereocenters. The summed E-state index contributed by atoms with van der Waals surface area (Å²) in [6.07, 6.45) is -6.68. The zero-order valence-corrected chi connectivity index (χ0v) is 17.3. The second kappa shape index (κ2) is 9.58. The van der Waals surface area contributed by atoms with Gasteiger partial charge in [0.05, 0.1) is 24.9 Å². The van der Waals surface area contributed by atoms with E-state index in [2.05, 4.69) is 13.7 Å². The van der Waals surface area contributed by atoms with E-state index in [1.165, 1.54) is 0 Å². The van der Waals surface area contributed by atoms with Crippen LogP contribution in [0.5, 0.6) is 0 Å². The molecule has 0 aromatic carbocycles. The van der Waals surface area contributed by atoms with Gasteiger partial charge in [-0.3, -0.25) is 4.55 Å². The van der Waals surface area contributed by atoms with Crippen molar-refractivity contribution in [1.29, 1.82) is 0 Å². The van der Waals surface area contributed by atoms with Crippen molar-refractivity contribution in [2.45, 2.75) is 67.9 Å². The van der Waals surface area contributed by atoms with Gasteiger partial charge in [-0.05, 0) is 19.8 Å². The van der Waals surface area contributed by atoms with Crippen LogP contribution in [-0.4, -0.2) is 63.0 Å². The van der Waals surface area contributed by atoms with Crippen LogP contribution in [0.15, 0.2) is 0 Å². The molecule has 1 rings (SSSR count). The zero-order chi connectivity index (χ0) is 23.4. The van der Waals surface area contributed by atoms with Gasteiger partial charge in [0.1, 0.15) is 0 Å². The van der Waals surface area contributed by atoms with Gasteiger partial charge < -0.3 is 9.47 Å². The lowest BCUT2D eigenvalue weighted by Gasteiger charge is -2.34. The second-order valence-electron chi connectivity index (χ2n) is 6.38. The fourth-order valence-corrected chi connectivity index (χ4v) is 4.54. The van der Waals surface area contributed by atoms with Gasteiger partial charge in [-0.15, -0.1) is 0 Å². The van der Waals surface area contributed by atoms with Gasteiger partial charge in [-0.2, -0.15) is 38.8 Å². The van der Waals surface area contributed by atoms with Crippen molar-refractivity contribution in [3.63, 3.8) is 0 Å². The molecule has 0 aromatic heterocycles. The maximum Gasteiger partial charge on any atom is 0.456 e. The molecule has 1 saturated carbocycles. The molecule has 1 N–H and O–H groups in total. The highest BCUT2D eigenvalue weighted by Crippen LogP contribution is 2.40. The summed E-state index contributed by atoms with van der Waals surface area (Å²) < 4.78 is 135. The second-order valence-corrected chi connectivity index (χ2v) is 9.75. The van der Waals surface area contributed by atoms with E-state index in [-0.39, 0.29) is 12.8 Å². The maximum absolute atomic E-state index is 13.7. The zero-order valence-electron chi connectivity index (χ0n) is 15.7. The first-order valence-electron chi connectivity index (χ1n) is 8.67. The molecule has 1 unspecified atom stereocenters. The van der Waals surface area contributed by atoms with Crippen molar-refractivity contribution in [2.24, 2.45) is 0 Å². The lowest BCUT2D eigenvalue weighted by Crippen LogP contribution is -2.59. The van der Waals surface area contributed by atoms with E-state index < -0.39 is 68.3 Å². The number of carbonyl (C=O) groups excluding carboxylic acids is 1. The molecule has 178 valence electrons. The van der Waals surface area contributed by atoms with Gasteiger partial charge in [-0.1, -0.05) is 19.3 Å². The molecule has 9 nitrogen and oxygen atoms in total. The van der Waals surface area contributed by atoms with Gasteiger partial charge in [0, 0.05) is 0 Å². The first-order valence-corrected chi connectivity index (χ1v) is 11.6. The van der Waals surface area contributed by atoms with E-state index in [1.54, 1.807) is 0 Å². The minimum Gasteiger partial charge on any atom is -0.462 e. The molecule has 30 heavy (non-hydrogen) atoms. The Hall–Kier alpha value is -1.10. The summed E-state index contributed by atoms with van der Waals surface area (Å²) in [4.78, 5) is 12.0. The van der Waals surface area contributed by atoms with Crippen LogP contribution < -0.4 is 0 Å². The first-order chi connectivity index (χ1) is 13.5. The summed E-state index contributed by atoms with van der Waals surface area (Å²) in [5.41, 5.74) is 0. The van der Waals surface area contributed by atoms with E-state index >= 15 is 0 Å². The highest BCUT2D eigenvalue weighted by Gasteiger charge is 2.68. The van der Waals surface area contributed by atoms with Crippen LogP contribution in [0.4, 0.5) is 22.0 Å². The lowest BCUT2D eigenvalue weighted by atomic mass is 10.0. The molecule has 0 spiro atoms. The molecule has 16 heteroatoms. The molecule has 0 radical (unpaired) electrons. The third-order valence-corrected chi connectivity index (χ3v) is 6.90. The van der Waals surface area contributed by atoms with E-state index in [4.69, 9.17) is 4.55 Å². The smallest absolute Gasteiger partial charge is 0.456 e. The predicted octanol–water partition coefficient (Wildman–Crippen LogP) is 2.37. The Morgan fingerprint density at radius 2 is 1.57 bits per heavy atom. The SMILES string of the molecule is CCOC(=O)C(OCCC(F)(F)S(=O)(=O)O)(OS(=O)(=O)C1CCCCC1)C(F)(F)F. The molecule has 1 aliphatic rings. The monoisotopic (exact) mass is 492 g/mol. The number of halogens is 5. The summed E-state index contributed by atoms with van der Waals surface area (Å²) in [6, 6.07) is 0. The molecule has 0 bridgehead atoms. The van der Waals surface area contributed by atoms with Crippen molar-refractivity contribution in [3.8, 4) is 0 Å². The van der Waals surface area contributed by atoms with Gasteiger partial charge in [0.2, 0.25) is 0 Å². The van der Waals surface area contributed by atoms with Crippen molar-refractivity contribution >= 4 is 26.2 Å². The fourth-order valence-electron chi connectivity index (χ4n) is 2.62. The van der Waals surface area contributed by atoms with Crippen LogP contribution in [0.3, 0.4) is 0 Å². The maximum atomic E-state index is 13.7. The Morgan fingerprint density at radius 3 is 2.00 bits per heavy atom. The van der Waals surface area contributed by atoms with Gasteiger partial charge in [-0.25, -0.2) is 8.98 Å². The van der Waals surface area contributed by atoms with Crippen LogP contribution >= 0.6 is 0 Å². The molecule has 0 aliphatic heterocycles. The molecular formula is C14H21F5O9S2. The Bertz CT molecular complexity index is 804. The average molecular weight is 492 g/mol. The highest BCUT2D eigenvalue weighted by atomic mass is 32.2. The van der Waals surface area contributed by atoms with Crippen LogP contribution in [0.1, 0.15) is 45.4 Å². The van der Waals surface area contributed by atoms with Gasteiger partial charge in [0.15, 0.2) is 0 Å². The Labute approximate surface area is 169 Å². The van der Waals surface area contributed by atoms with Crippen molar-refractivity contribution < 1.29 is 61.8 Å². The van der Waals surface area contributed by atoms with Crippen molar-refractivity contribution in [1.82, 2.24) is 0 Å². The van der Waals surface area contributed by atoms with Crippen molar-refractivity contribution in [3.05, 3.63) is 0 Å². The number of esters is 1. The molecular weight excluding hydrogens is 471 g/mol. The standard InChI is InChI=1S/C14H21F5O9S2/c1-2-26-11(20)13(14(17,18)19,27-9-8-12(15,16)30(23,24)25)28-29(21,22)10-6-4-3-5-7-10/h10H,2-9H2,1H3,(H,23,24,25). The minimum atomic E-state index is -6.01. The summed E-state index contributed by atoms with van der Waals surface area (Å²) in [5.74, 6) is -7.00. The largest absolute Gasteiger partial charge is 0.462 e. The number of ether oxygens (including phenoxy) is 2. The predicted molar refractivity (Wildman–Crippen MR) is 89.4 cm³/mol. The molecule has 1 aliphatic carbocycles. The number of hydrogen-bond acceptors (Lipinski definition) is 8. The Morgan fingerprint density at radius 1 is 1.03 bits per heavy atom. The molecule has 0 amide bonds. The number of hydrogen-bond donors (Lipinski definition) is 1. The summed E-state index contributed by atoms with van der Waals surface area (Å²) in [6.45, 7) is -1.42. The van der Waals surface area contributed by atoms with Crippen molar-refractivity contribution in [2.75, 3.05) is 13.2 Å². The molecule has 0 saturated heterocycles. The van der Waals surface area contributed by atoms with Crippen LogP contribution in [-0.2, 0) is 38.7 Å². The molecule has 0 heterocycles. The normalized spacial score (nSPS) is 19.3. The van der Waals surface area contributed by atoms with Crippen LogP contribution in [0.2, 0.25) is 0 Å². The highest BCUT2D eigenvalue weighted by molar-refractivity contribution is 7.87. The molecule has 0 aromatic rings. The molecule has 1 fully saturated rings. The minimum absolute atomic E-state index is 0.0556. The van der Waals surface area contributed by atoms with E-state index in [1.807, 2.05) is 0 Å². The lowest BCUT2D eigenvalue weighted by molar-refractivity contribution is -0.341. The van der Waals surface area contributed by atoms with E-state index in [9.17, 15) is 43.6 Å². The average Bonchev–Trinajstić information content (AvgIpc) is 2.59. The number of alkyl halides is 5. The summed E-state index contributed by atoms with van der Waals surface area (Å²) in [7, 11) is -11.1. The quantitative estimate of drug-likeness (QED) is 0.160. The number of carbonyl (C=O) groups is 1. The van der Waals surface area contributed by atoms with E-state index in [0.29, 0.717) is 19.3 Å². The third kappa shape index (κ3) is 6.21. The van der Waals surface area contributed by atoms with Crippen LogP contribution in [0.25, 0.3) is 0 Å². The third-order valence-electron chi connectivity index (χ3n) is 4.19. The van der Waals surface area contributed by atoms with Crippen LogP contribution in [0, 0.1) is 0 Å².